The van der Waals surface area contributed by atoms with Gasteiger partial charge in [-0.15, -0.1) is 0 Å². The molecule has 0 fully saturated rings. The van der Waals surface area contributed by atoms with Crippen LogP contribution in [-0.2, 0) is 0 Å². The van der Waals surface area contributed by atoms with E-state index in [1.807, 2.05) is 0 Å². The van der Waals surface area contributed by atoms with Gasteiger partial charge < -0.3 is 14.2 Å². The summed E-state index contributed by atoms with van der Waals surface area (Å²) >= 11 is 18.4. The second-order valence-electron chi connectivity index (χ2n) is 7.05. The molecule has 0 saturated carbocycles. The van der Waals surface area contributed by atoms with E-state index >= 15 is 0 Å². The van der Waals surface area contributed by atoms with E-state index in [-0.39, 0.29) is 16.7 Å². The van der Waals surface area contributed by atoms with Crippen LogP contribution in [0.5, 0.6) is 0 Å². The van der Waals surface area contributed by atoms with Crippen LogP contribution in [0.3, 0.4) is 0 Å². The van der Waals surface area contributed by atoms with Crippen LogP contribution in [0.4, 0.5) is 10.1 Å². The third-order valence-corrected chi connectivity index (χ3v) is 5.99. The van der Waals surface area contributed by atoms with Crippen molar-refractivity contribution in [2.45, 2.75) is 0 Å². The standard InChI is InChI=1S/C24H12Cl3FN2O3/c25-16-3-1-2-15(22(16)27)19-8-9-21(32-19)23(31)29-13-5-7-20-18(11-13)30-24(33-20)14-6-4-12(28)10-17(14)26/h1-11H,(H,29,31). The van der Waals surface area contributed by atoms with Crippen molar-refractivity contribution in [2.24, 2.45) is 0 Å². The lowest BCUT2D eigenvalue weighted by Gasteiger charge is -2.04. The Morgan fingerprint density at radius 1 is 0.879 bits per heavy atom. The number of fused-ring (bicyclic) bond motifs is 1. The number of nitrogens with one attached hydrogen (secondary N) is 1. The summed E-state index contributed by atoms with van der Waals surface area (Å²) in [4.78, 5) is 17.1. The van der Waals surface area contributed by atoms with Crippen LogP contribution in [0.1, 0.15) is 10.6 Å². The number of benzene rings is 3. The van der Waals surface area contributed by atoms with Gasteiger partial charge in [0.05, 0.1) is 20.6 Å². The molecule has 5 rings (SSSR count). The van der Waals surface area contributed by atoms with Gasteiger partial charge in [-0.05, 0) is 60.7 Å². The number of hydrogen-bond acceptors (Lipinski definition) is 4. The zero-order chi connectivity index (χ0) is 23.1. The first-order valence-electron chi connectivity index (χ1n) is 9.60. The van der Waals surface area contributed by atoms with Gasteiger partial charge in [0.2, 0.25) is 5.89 Å². The number of anilines is 1. The molecule has 0 bridgehead atoms. The first-order valence-corrected chi connectivity index (χ1v) is 10.7. The average Bonchev–Trinajstić information content (AvgIpc) is 3.43. The average molecular weight is 502 g/mol. The number of aromatic nitrogens is 1. The number of oxazole rings is 1. The van der Waals surface area contributed by atoms with E-state index in [2.05, 4.69) is 10.3 Å². The Hall–Kier alpha value is -3.32. The van der Waals surface area contributed by atoms with Crippen molar-refractivity contribution in [3.8, 4) is 22.8 Å². The Balaban J connectivity index is 1.39. The summed E-state index contributed by atoms with van der Waals surface area (Å²) in [6, 6.07) is 17.3. The Bertz CT molecular complexity index is 1530. The van der Waals surface area contributed by atoms with Crippen LogP contribution in [0.25, 0.3) is 33.9 Å². The number of carbonyl (C=O) groups is 1. The van der Waals surface area contributed by atoms with E-state index in [9.17, 15) is 9.18 Å². The topological polar surface area (TPSA) is 68.3 Å². The minimum Gasteiger partial charge on any atom is -0.451 e. The molecule has 0 saturated heterocycles. The van der Waals surface area contributed by atoms with Crippen LogP contribution >= 0.6 is 34.8 Å². The van der Waals surface area contributed by atoms with Crippen molar-refractivity contribution in [3.63, 3.8) is 0 Å². The maximum Gasteiger partial charge on any atom is 0.291 e. The van der Waals surface area contributed by atoms with Gasteiger partial charge in [0, 0.05) is 11.3 Å². The molecule has 5 nitrogen and oxygen atoms in total. The molecule has 5 aromatic rings. The fourth-order valence-corrected chi connectivity index (χ4v) is 3.92. The van der Waals surface area contributed by atoms with E-state index in [1.165, 1.54) is 18.2 Å². The Morgan fingerprint density at radius 3 is 2.55 bits per heavy atom. The number of nitrogens with zero attached hydrogens (tertiary/aromatic N) is 1. The molecule has 9 heteroatoms. The lowest BCUT2D eigenvalue weighted by Crippen LogP contribution is -2.10. The summed E-state index contributed by atoms with van der Waals surface area (Å²) in [6.07, 6.45) is 0. The number of rotatable bonds is 4. The van der Waals surface area contributed by atoms with Crippen molar-refractivity contribution in [1.29, 1.82) is 0 Å². The first kappa shape index (κ1) is 21.5. The van der Waals surface area contributed by atoms with Gasteiger partial charge in [0.15, 0.2) is 11.3 Å². The molecule has 2 aromatic heterocycles. The largest absolute Gasteiger partial charge is 0.451 e. The highest BCUT2D eigenvalue weighted by Crippen LogP contribution is 2.35. The predicted molar refractivity (Wildman–Crippen MR) is 127 cm³/mol. The molecular formula is C24H12Cl3FN2O3. The van der Waals surface area contributed by atoms with E-state index < -0.39 is 11.7 Å². The number of halogens is 4. The number of hydrogen-bond donors (Lipinski definition) is 1. The van der Waals surface area contributed by atoms with Gasteiger partial charge >= 0.3 is 0 Å². The van der Waals surface area contributed by atoms with Crippen LogP contribution in [0.15, 0.2) is 75.6 Å². The van der Waals surface area contributed by atoms with Crippen molar-refractivity contribution in [2.75, 3.05) is 5.32 Å². The fraction of sp³-hybridized carbons (Fsp3) is 0. The Labute approximate surface area is 201 Å². The molecule has 0 unspecified atom stereocenters. The van der Waals surface area contributed by atoms with Crippen molar-refractivity contribution in [3.05, 3.63) is 93.4 Å². The van der Waals surface area contributed by atoms with Crippen molar-refractivity contribution in [1.82, 2.24) is 4.98 Å². The highest BCUT2D eigenvalue weighted by molar-refractivity contribution is 6.43. The summed E-state index contributed by atoms with van der Waals surface area (Å²) < 4.78 is 24.7. The van der Waals surface area contributed by atoms with E-state index in [4.69, 9.17) is 43.6 Å². The highest BCUT2D eigenvalue weighted by Gasteiger charge is 2.17. The third-order valence-electron chi connectivity index (χ3n) is 4.85. The summed E-state index contributed by atoms with van der Waals surface area (Å²) in [5, 5.41) is 3.67. The fourth-order valence-electron chi connectivity index (χ4n) is 3.27. The Kier molecular flexibility index (Phi) is 5.58. The molecule has 0 atom stereocenters. The van der Waals surface area contributed by atoms with Gasteiger partial charge in [-0.3, -0.25) is 4.79 Å². The normalized spacial score (nSPS) is 11.2. The Morgan fingerprint density at radius 2 is 1.73 bits per heavy atom. The van der Waals surface area contributed by atoms with Crippen LogP contribution < -0.4 is 5.32 Å². The summed E-state index contributed by atoms with van der Waals surface area (Å²) in [6.45, 7) is 0. The van der Waals surface area contributed by atoms with E-state index in [1.54, 1.807) is 48.5 Å². The van der Waals surface area contributed by atoms with Crippen LogP contribution in [0.2, 0.25) is 15.1 Å². The molecule has 1 amide bonds. The number of furan rings is 1. The van der Waals surface area contributed by atoms with Gasteiger partial charge in [-0.1, -0.05) is 40.9 Å². The van der Waals surface area contributed by atoms with E-state index in [0.29, 0.717) is 43.7 Å². The lowest BCUT2D eigenvalue weighted by atomic mass is 10.2. The molecule has 33 heavy (non-hydrogen) atoms. The quantitative estimate of drug-likeness (QED) is 0.270. The number of amides is 1. The molecule has 0 aliphatic carbocycles. The zero-order valence-corrected chi connectivity index (χ0v) is 18.8. The molecule has 1 N–H and O–H groups in total. The predicted octanol–water partition coefficient (Wildman–Crippen LogP) is 8.11. The molecule has 3 aromatic carbocycles. The minimum absolute atomic E-state index is 0.0973. The number of carbonyl (C=O) groups excluding carboxylic acids is 1. The van der Waals surface area contributed by atoms with Gasteiger partial charge in [0.25, 0.3) is 5.91 Å². The molecule has 0 spiro atoms. The second-order valence-corrected chi connectivity index (χ2v) is 8.24. The molecule has 164 valence electrons. The lowest BCUT2D eigenvalue weighted by molar-refractivity contribution is 0.0997. The molecule has 2 heterocycles. The maximum atomic E-state index is 13.3. The highest BCUT2D eigenvalue weighted by atomic mass is 35.5. The van der Waals surface area contributed by atoms with Gasteiger partial charge in [-0.25, -0.2) is 9.37 Å². The van der Waals surface area contributed by atoms with E-state index in [0.717, 1.165) is 0 Å². The summed E-state index contributed by atoms with van der Waals surface area (Å²) in [5.74, 6) is -0.152. The summed E-state index contributed by atoms with van der Waals surface area (Å²) in [7, 11) is 0. The smallest absolute Gasteiger partial charge is 0.291 e. The minimum atomic E-state index is -0.455. The molecule has 0 aliphatic heterocycles. The molecular weight excluding hydrogens is 490 g/mol. The van der Waals surface area contributed by atoms with Crippen LogP contribution in [-0.4, -0.2) is 10.9 Å². The van der Waals surface area contributed by atoms with Crippen molar-refractivity contribution < 1.29 is 18.0 Å². The second kappa shape index (κ2) is 8.56. The zero-order valence-electron chi connectivity index (χ0n) is 16.5. The maximum absolute atomic E-state index is 13.3. The van der Waals surface area contributed by atoms with Gasteiger partial charge in [-0.2, -0.15) is 0 Å². The molecule has 0 radical (unpaired) electrons. The SMILES string of the molecule is O=C(Nc1ccc2oc(-c3ccc(F)cc3Cl)nc2c1)c1ccc(-c2cccc(Cl)c2Cl)o1. The van der Waals surface area contributed by atoms with Gasteiger partial charge in [0.1, 0.15) is 17.1 Å². The monoisotopic (exact) mass is 500 g/mol. The first-order chi connectivity index (χ1) is 15.9. The van der Waals surface area contributed by atoms with Crippen molar-refractivity contribution >= 4 is 57.5 Å². The summed E-state index contributed by atoms with van der Waals surface area (Å²) in [5.41, 5.74) is 2.51. The molecule has 0 aliphatic rings. The third kappa shape index (κ3) is 4.20. The van der Waals surface area contributed by atoms with Crippen LogP contribution in [0, 0.1) is 5.82 Å².